The smallest absolute Gasteiger partial charge is 0.398 e. The molecule has 1 heterocycles. The second-order valence-corrected chi connectivity index (χ2v) is 6.97. The Morgan fingerprint density at radius 1 is 0.885 bits per heavy atom. The summed E-state index contributed by atoms with van der Waals surface area (Å²) in [5, 5.41) is 11.2. The number of alkyl halides is 3. The molecular formula is C19H13F3N2OS. The van der Waals surface area contributed by atoms with E-state index < -0.39 is 16.8 Å². The number of hydrogen-bond donors (Lipinski definition) is 2. The van der Waals surface area contributed by atoms with E-state index in [2.05, 4.69) is 4.98 Å². The van der Waals surface area contributed by atoms with Gasteiger partial charge in [0.05, 0.1) is 10.2 Å². The lowest BCUT2D eigenvalue weighted by atomic mass is 9.88. The fraction of sp³-hybridized carbons (Fsp3) is 0.105. The number of thiazole rings is 1. The van der Waals surface area contributed by atoms with E-state index in [0.29, 0.717) is 21.3 Å². The fourth-order valence-electron chi connectivity index (χ4n) is 3.05. The average Bonchev–Trinajstić information content (AvgIpc) is 3.05. The van der Waals surface area contributed by atoms with E-state index in [0.717, 1.165) is 11.3 Å². The molecule has 1 atom stereocenters. The van der Waals surface area contributed by atoms with E-state index in [9.17, 15) is 18.3 Å². The molecule has 0 saturated heterocycles. The summed E-state index contributed by atoms with van der Waals surface area (Å²) in [5.74, 6) is 0. The molecule has 0 bridgehead atoms. The standard InChI is InChI=1S/C19H13F3N2OS/c20-19(21,22)18(25,17-24-15-7-3-4-8-16(15)26-17)13-9-10-14(23)12-6-2-1-5-11(12)13/h1-10,25H,23H2/t18-/m1/s1. The van der Waals surface area contributed by atoms with Crippen molar-refractivity contribution < 1.29 is 18.3 Å². The normalized spacial score (nSPS) is 14.6. The van der Waals surface area contributed by atoms with Gasteiger partial charge in [-0.1, -0.05) is 42.5 Å². The number of aromatic nitrogens is 1. The molecule has 3 nitrogen and oxygen atoms in total. The largest absolute Gasteiger partial charge is 0.428 e. The lowest BCUT2D eigenvalue weighted by Gasteiger charge is -2.30. The molecule has 0 fully saturated rings. The summed E-state index contributed by atoms with van der Waals surface area (Å²) < 4.78 is 42.9. The molecule has 0 radical (unpaired) electrons. The van der Waals surface area contributed by atoms with Gasteiger partial charge in [0.25, 0.3) is 0 Å². The topological polar surface area (TPSA) is 59.1 Å². The van der Waals surface area contributed by atoms with Crippen LogP contribution in [-0.4, -0.2) is 16.3 Å². The summed E-state index contributed by atoms with van der Waals surface area (Å²) in [6.07, 6.45) is -4.96. The first-order chi connectivity index (χ1) is 12.3. The molecule has 0 spiro atoms. The number of rotatable bonds is 2. The highest BCUT2D eigenvalue weighted by molar-refractivity contribution is 7.18. The Hall–Kier alpha value is -2.64. The number of hydrogen-bond acceptors (Lipinski definition) is 4. The number of nitrogen functional groups attached to an aromatic ring is 1. The number of aliphatic hydroxyl groups is 1. The molecule has 3 N–H and O–H groups in total. The van der Waals surface area contributed by atoms with Crippen molar-refractivity contribution in [3.05, 3.63) is 71.2 Å². The highest BCUT2D eigenvalue weighted by Crippen LogP contribution is 2.48. The van der Waals surface area contributed by atoms with Crippen LogP contribution in [0.1, 0.15) is 10.6 Å². The molecule has 0 aliphatic heterocycles. The van der Waals surface area contributed by atoms with E-state index in [1.54, 1.807) is 42.5 Å². The van der Waals surface area contributed by atoms with Gasteiger partial charge in [-0.15, -0.1) is 11.3 Å². The van der Waals surface area contributed by atoms with Crippen LogP contribution in [-0.2, 0) is 5.60 Å². The van der Waals surface area contributed by atoms with Gasteiger partial charge in [0.15, 0.2) is 0 Å². The van der Waals surface area contributed by atoms with Gasteiger partial charge in [-0.2, -0.15) is 13.2 Å². The van der Waals surface area contributed by atoms with Crippen molar-refractivity contribution in [1.82, 2.24) is 4.98 Å². The summed E-state index contributed by atoms with van der Waals surface area (Å²) in [7, 11) is 0. The van der Waals surface area contributed by atoms with Gasteiger partial charge in [0.1, 0.15) is 5.01 Å². The van der Waals surface area contributed by atoms with Crippen molar-refractivity contribution >= 4 is 38.0 Å². The van der Waals surface area contributed by atoms with E-state index in [4.69, 9.17) is 5.73 Å². The van der Waals surface area contributed by atoms with Gasteiger partial charge < -0.3 is 10.8 Å². The lowest BCUT2D eigenvalue weighted by molar-refractivity contribution is -0.247. The van der Waals surface area contributed by atoms with Crippen molar-refractivity contribution in [3.8, 4) is 0 Å². The van der Waals surface area contributed by atoms with Crippen molar-refractivity contribution in [2.45, 2.75) is 11.8 Å². The summed E-state index contributed by atoms with van der Waals surface area (Å²) in [6, 6.07) is 15.7. The Kier molecular flexibility index (Phi) is 3.68. The van der Waals surface area contributed by atoms with Crippen LogP contribution in [0.5, 0.6) is 0 Å². The predicted octanol–water partition coefficient (Wildman–Crippen LogP) is 4.83. The predicted molar refractivity (Wildman–Crippen MR) is 97.0 cm³/mol. The second-order valence-electron chi connectivity index (χ2n) is 5.94. The van der Waals surface area contributed by atoms with Gasteiger partial charge >= 0.3 is 6.18 Å². The summed E-state index contributed by atoms with van der Waals surface area (Å²) in [4.78, 5) is 4.07. The third kappa shape index (κ3) is 2.35. The quantitative estimate of drug-likeness (QED) is 0.494. The van der Waals surface area contributed by atoms with Gasteiger partial charge in [0.2, 0.25) is 5.60 Å². The molecule has 0 aliphatic rings. The number of benzene rings is 3. The van der Waals surface area contributed by atoms with Gasteiger partial charge in [-0.05, 0) is 23.6 Å². The highest BCUT2D eigenvalue weighted by atomic mass is 32.1. The highest BCUT2D eigenvalue weighted by Gasteiger charge is 2.59. The van der Waals surface area contributed by atoms with Gasteiger partial charge in [0, 0.05) is 16.6 Å². The molecule has 26 heavy (non-hydrogen) atoms. The molecule has 7 heteroatoms. The van der Waals surface area contributed by atoms with Crippen molar-refractivity contribution in [2.75, 3.05) is 5.73 Å². The van der Waals surface area contributed by atoms with Crippen LogP contribution in [0.3, 0.4) is 0 Å². The molecule has 132 valence electrons. The van der Waals surface area contributed by atoms with E-state index in [-0.39, 0.29) is 10.9 Å². The van der Waals surface area contributed by atoms with Crippen LogP contribution in [0, 0.1) is 0 Å². The first-order valence-corrected chi connectivity index (χ1v) is 8.57. The van der Waals surface area contributed by atoms with E-state index in [1.807, 2.05) is 0 Å². The third-order valence-electron chi connectivity index (χ3n) is 4.36. The second kappa shape index (κ2) is 5.69. The number of nitrogens with two attached hydrogens (primary N) is 1. The van der Waals surface area contributed by atoms with E-state index in [1.165, 1.54) is 18.2 Å². The number of anilines is 1. The first-order valence-electron chi connectivity index (χ1n) is 7.75. The van der Waals surface area contributed by atoms with Crippen LogP contribution in [0.2, 0.25) is 0 Å². The van der Waals surface area contributed by atoms with E-state index >= 15 is 0 Å². The maximum absolute atomic E-state index is 14.1. The first kappa shape index (κ1) is 16.8. The minimum absolute atomic E-state index is 0.242. The number of nitrogens with zero attached hydrogens (tertiary/aromatic N) is 1. The Bertz CT molecular complexity index is 1090. The maximum atomic E-state index is 14.1. The maximum Gasteiger partial charge on any atom is 0.428 e. The van der Waals surface area contributed by atoms with Crippen molar-refractivity contribution in [3.63, 3.8) is 0 Å². The monoisotopic (exact) mass is 374 g/mol. The van der Waals surface area contributed by atoms with Crippen LogP contribution in [0.4, 0.5) is 18.9 Å². The molecule has 4 rings (SSSR count). The Labute approximate surface area is 150 Å². The van der Waals surface area contributed by atoms with Crippen LogP contribution >= 0.6 is 11.3 Å². The molecule has 0 saturated carbocycles. The summed E-state index contributed by atoms with van der Waals surface area (Å²) >= 11 is 0.826. The minimum atomic E-state index is -4.96. The Morgan fingerprint density at radius 2 is 1.54 bits per heavy atom. The molecular weight excluding hydrogens is 361 g/mol. The Balaban J connectivity index is 2.07. The molecule has 4 aromatic rings. The zero-order valence-electron chi connectivity index (χ0n) is 13.3. The summed E-state index contributed by atoms with van der Waals surface area (Å²) in [6.45, 7) is 0. The van der Waals surface area contributed by atoms with Crippen molar-refractivity contribution in [1.29, 1.82) is 0 Å². The molecule has 3 aromatic carbocycles. The molecule has 1 aromatic heterocycles. The van der Waals surface area contributed by atoms with Crippen LogP contribution < -0.4 is 5.73 Å². The van der Waals surface area contributed by atoms with Gasteiger partial charge in [-0.3, -0.25) is 0 Å². The average molecular weight is 374 g/mol. The number of fused-ring (bicyclic) bond motifs is 2. The lowest BCUT2D eigenvalue weighted by Crippen LogP contribution is -2.43. The number of halogens is 3. The molecule has 0 amide bonds. The zero-order valence-corrected chi connectivity index (χ0v) is 14.1. The Morgan fingerprint density at radius 3 is 2.23 bits per heavy atom. The fourth-order valence-corrected chi connectivity index (χ4v) is 4.14. The SMILES string of the molecule is Nc1ccc([C@@](O)(c2nc3ccccc3s2)C(F)(F)F)c2ccccc12. The summed E-state index contributed by atoms with van der Waals surface area (Å²) in [5.41, 5.74) is 3.14. The number of para-hydroxylation sites is 1. The zero-order chi connectivity index (χ0) is 18.5. The van der Waals surface area contributed by atoms with Crippen LogP contribution in [0.15, 0.2) is 60.7 Å². The van der Waals surface area contributed by atoms with Crippen LogP contribution in [0.25, 0.3) is 21.0 Å². The van der Waals surface area contributed by atoms with Gasteiger partial charge in [-0.25, -0.2) is 4.98 Å². The molecule has 0 aliphatic carbocycles. The third-order valence-corrected chi connectivity index (χ3v) is 5.51. The van der Waals surface area contributed by atoms with Crippen molar-refractivity contribution in [2.24, 2.45) is 0 Å². The minimum Gasteiger partial charge on any atom is -0.398 e. The molecule has 0 unspecified atom stereocenters.